The first-order valence-electron chi connectivity index (χ1n) is 7.67. The van der Waals surface area contributed by atoms with Gasteiger partial charge in [-0.1, -0.05) is 34.1 Å². The molecule has 23 heavy (non-hydrogen) atoms. The summed E-state index contributed by atoms with van der Waals surface area (Å²) < 4.78 is 2.91. The Balaban J connectivity index is 1.41. The third kappa shape index (κ3) is 3.07. The SMILES string of the molecule is Brc1ccccc1CN1CCN(c2ccc3nncn3n2)CC1. The lowest BCUT2D eigenvalue weighted by molar-refractivity contribution is 0.248. The molecule has 7 heteroatoms. The fourth-order valence-corrected chi connectivity index (χ4v) is 3.30. The minimum absolute atomic E-state index is 0.779. The fraction of sp³-hybridized carbons (Fsp3) is 0.312. The average molecular weight is 373 g/mol. The molecule has 0 bridgehead atoms. The minimum atomic E-state index is 0.779. The van der Waals surface area contributed by atoms with Gasteiger partial charge in [-0.3, -0.25) is 4.90 Å². The number of rotatable bonds is 3. The van der Waals surface area contributed by atoms with E-state index in [2.05, 4.69) is 65.3 Å². The first-order valence-corrected chi connectivity index (χ1v) is 8.47. The van der Waals surface area contributed by atoms with Gasteiger partial charge >= 0.3 is 0 Å². The van der Waals surface area contributed by atoms with E-state index in [1.807, 2.05) is 12.1 Å². The van der Waals surface area contributed by atoms with Crippen LogP contribution in [-0.4, -0.2) is 50.9 Å². The Kier molecular flexibility index (Phi) is 3.97. The van der Waals surface area contributed by atoms with E-state index in [4.69, 9.17) is 0 Å². The highest BCUT2D eigenvalue weighted by atomic mass is 79.9. The molecule has 0 atom stereocenters. The summed E-state index contributed by atoms with van der Waals surface area (Å²) in [6, 6.07) is 12.4. The minimum Gasteiger partial charge on any atom is -0.353 e. The molecular formula is C16H17BrN6. The van der Waals surface area contributed by atoms with Crippen molar-refractivity contribution in [1.29, 1.82) is 0 Å². The maximum atomic E-state index is 4.57. The molecule has 3 aromatic rings. The first kappa shape index (κ1) is 14.6. The molecule has 1 fully saturated rings. The predicted molar refractivity (Wildman–Crippen MR) is 92.4 cm³/mol. The number of benzene rings is 1. The summed E-state index contributed by atoms with van der Waals surface area (Å²) in [6.07, 6.45) is 1.64. The second-order valence-electron chi connectivity index (χ2n) is 5.68. The molecule has 0 radical (unpaired) electrons. The molecule has 0 saturated carbocycles. The van der Waals surface area contributed by atoms with Gasteiger partial charge in [-0.15, -0.1) is 15.3 Å². The Bertz CT molecular complexity index is 809. The number of fused-ring (bicyclic) bond motifs is 1. The molecule has 4 rings (SSSR count). The predicted octanol–water partition coefficient (Wildman–Crippen LogP) is 2.21. The van der Waals surface area contributed by atoms with Gasteiger partial charge in [-0.05, 0) is 23.8 Å². The van der Waals surface area contributed by atoms with E-state index in [1.165, 1.54) is 10.0 Å². The standard InChI is InChI=1S/C16H17BrN6/c17-14-4-2-1-3-13(14)11-21-7-9-22(10-8-21)16-6-5-15-19-18-12-23(15)20-16/h1-6,12H,7-11H2. The van der Waals surface area contributed by atoms with Crippen LogP contribution in [0.2, 0.25) is 0 Å². The van der Waals surface area contributed by atoms with E-state index in [9.17, 15) is 0 Å². The molecule has 2 aromatic heterocycles. The van der Waals surface area contributed by atoms with Gasteiger partial charge in [-0.2, -0.15) is 4.52 Å². The number of nitrogens with zero attached hydrogens (tertiary/aromatic N) is 6. The number of halogens is 1. The van der Waals surface area contributed by atoms with Crippen LogP contribution in [0.1, 0.15) is 5.56 Å². The van der Waals surface area contributed by atoms with Crippen LogP contribution in [0.5, 0.6) is 0 Å². The molecule has 0 N–H and O–H groups in total. The quantitative estimate of drug-likeness (QED) is 0.705. The molecule has 6 nitrogen and oxygen atoms in total. The van der Waals surface area contributed by atoms with E-state index in [0.717, 1.165) is 44.2 Å². The van der Waals surface area contributed by atoms with Crippen molar-refractivity contribution >= 4 is 27.4 Å². The maximum absolute atomic E-state index is 4.57. The van der Waals surface area contributed by atoms with E-state index in [-0.39, 0.29) is 0 Å². The van der Waals surface area contributed by atoms with Gasteiger partial charge in [0.2, 0.25) is 0 Å². The van der Waals surface area contributed by atoms with Crippen LogP contribution in [0.15, 0.2) is 47.2 Å². The molecule has 1 saturated heterocycles. The molecule has 0 aliphatic carbocycles. The Morgan fingerprint density at radius 1 is 1.00 bits per heavy atom. The van der Waals surface area contributed by atoms with Crippen molar-refractivity contribution in [1.82, 2.24) is 24.7 Å². The van der Waals surface area contributed by atoms with Crippen molar-refractivity contribution in [2.75, 3.05) is 31.1 Å². The summed E-state index contributed by atoms with van der Waals surface area (Å²) in [6.45, 7) is 5.00. The zero-order valence-corrected chi connectivity index (χ0v) is 14.2. The summed E-state index contributed by atoms with van der Waals surface area (Å²) in [5.41, 5.74) is 2.12. The molecule has 3 heterocycles. The van der Waals surface area contributed by atoms with Gasteiger partial charge in [0.05, 0.1) is 0 Å². The van der Waals surface area contributed by atoms with Crippen molar-refractivity contribution in [3.63, 3.8) is 0 Å². The number of piperazine rings is 1. The fourth-order valence-electron chi connectivity index (χ4n) is 2.89. The van der Waals surface area contributed by atoms with E-state index >= 15 is 0 Å². The second kappa shape index (κ2) is 6.25. The highest BCUT2D eigenvalue weighted by Crippen LogP contribution is 2.20. The number of anilines is 1. The normalized spacial score (nSPS) is 16.1. The third-order valence-corrected chi connectivity index (χ3v) is 4.97. The number of aromatic nitrogens is 4. The van der Waals surface area contributed by atoms with Crippen molar-refractivity contribution in [2.24, 2.45) is 0 Å². The van der Waals surface area contributed by atoms with Gasteiger partial charge in [-0.25, -0.2) is 0 Å². The van der Waals surface area contributed by atoms with E-state index in [0.29, 0.717) is 0 Å². The lowest BCUT2D eigenvalue weighted by Gasteiger charge is -2.35. The van der Waals surface area contributed by atoms with Gasteiger partial charge in [0.15, 0.2) is 5.65 Å². The molecule has 1 aromatic carbocycles. The van der Waals surface area contributed by atoms with Gasteiger partial charge in [0, 0.05) is 37.2 Å². The van der Waals surface area contributed by atoms with Gasteiger partial charge in [0.25, 0.3) is 0 Å². The first-order chi connectivity index (χ1) is 11.3. The van der Waals surface area contributed by atoms with Crippen molar-refractivity contribution in [3.05, 3.63) is 52.8 Å². The van der Waals surface area contributed by atoms with Gasteiger partial charge in [0.1, 0.15) is 12.1 Å². The molecule has 0 amide bonds. The molecule has 118 valence electrons. The van der Waals surface area contributed by atoms with Crippen LogP contribution in [0.3, 0.4) is 0 Å². The highest BCUT2D eigenvalue weighted by Gasteiger charge is 2.19. The molecular weight excluding hydrogens is 356 g/mol. The Morgan fingerprint density at radius 2 is 1.83 bits per heavy atom. The van der Waals surface area contributed by atoms with Crippen LogP contribution in [0, 0.1) is 0 Å². The molecule has 1 aliphatic heterocycles. The van der Waals surface area contributed by atoms with Crippen LogP contribution in [0.4, 0.5) is 5.82 Å². The van der Waals surface area contributed by atoms with Crippen LogP contribution in [0.25, 0.3) is 5.65 Å². The van der Waals surface area contributed by atoms with Crippen molar-refractivity contribution in [2.45, 2.75) is 6.54 Å². The summed E-state index contributed by atoms with van der Waals surface area (Å²) in [5, 5.41) is 12.4. The van der Waals surface area contributed by atoms with Crippen molar-refractivity contribution in [3.8, 4) is 0 Å². The van der Waals surface area contributed by atoms with E-state index < -0.39 is 0 Å². The Hall–Kier alpha value is -1.99. The van der Waals surface area contributed by atoms with Crippen molar-refractivity contribution < 1.29 is 0 Å². The van der Waals surface area contributed by atoms with Crippen LogP contribution in [-0.2, 0) is 6.54 Å². The lowest BCUT2D eigenvalue weighted by Crippen LogP contribution is -2.46. The summed E-state index contributed by atoms with van der Waals surface area (Å²) in [5.74, 6) is 0.984. The van der Waals surface area contributed by atoms with Gasteiger partial charge < -0.3 is 4.90 Å². The highest BCUT2D eigenvalue weighted by molar-refractivity contribution is 9.10. The lowest BCUT2D eigenvalue weighted by atomic mass is 10.2. The third-order valence-electron chi connectivity index (χ3n) is 4.20. The zero-order chi connectivity index (χ0) is 15.6. The topological polar surface area (TPSA) is 49.6 Å². The Labute approximate surface area is 142 Å². The summed E-state index contributed by atoms with van der Waals surface area (Å²) >= 11 is 3.63. The zero-order valence-electron chi connectivity index (χ0n) is 12.6. The maximum Gasteiger partial charge on any atom is 0.177 e. The largest absolute Gasteiger partial charge is 0.353 e. The summed E-state index contributed by atoms with van der Waals surface area (Å²) in [7, 11) is 0. The smallest absolute Gasteiger partial charge is 0.177 e. The second-order valence-corrected chi connectivity index (χ2v) is 6.53. The monoisotopic (exact) mass is 372 g/mol. The molecule has 0 unspecified atom stereocenters. The summed E-state index contributed by atoms with van der Waals surface area (Å²) in [4.78, 5) is 4.80. The molecule has 1 aliphatic rings. The number of hydrogen-bond donors (Lipinski definition) is 0. The van der Waals surface area contributed by atoms with Crippen LogP contribution >= 0.6 is 15.9 Å². The Morgan fingerprint density at radius 3 is 2.65 bits per heavy atom. The van der Waals surface area contributed by atoms with Crippen LogP contribution < -0.4 is 4.90 Å². The number of hydrogen-bond acceptors (Lipinski definition) is 5. The molecule has 0 spiro atoms. The average Bonchev–Trinajstić information content (AvgIpc) is 3.05. The van der Waals surface area contributed by atoms with E-state index in [1.54, 1.807) is 10.8 Å².